The summed E-state index contributed by atoms with van der Waals surface area (Å²) >= 11 is 0. The summed E-state index contributed by atoms with van der Waals surface area (Å²) in [6.07, 6.45) is 6.22. The summed E-state index contributed by atoms with van der Waals surface area (Å²) in [6, 6.07) is 8.75. The molecule has 0 saturated carbocycles. The second-order valence-corrected chi connectivity index (χ2v) is 5.72. The summed E-state index contributed by atoms with van der Waals surface area (Å²) in [5.74, 6) is 0.222. The van der Waals surface area contributed by atoms with Crippen molar-refractivity contribution in [1.29, 1.82) is 0 Å². The third-order valence-electron chi connectivity index (χ3n) is 4.17. The number of halogens is 1. The van der Waals surface area contributed by atoms with E-state index in [1.165, 1.54) is 18.4 Å². The molecular weight excluding hydrogens is 284 g/mol. The molecule has 1 aliphatic heterocycles. The minimum atomic E-state index is 0. The lowest BCUT2D eigenvalue weighted by Crippen LogP contribution is -2.40. The molecule has 1 fully saturated rings. The zero-order chi connectivity index (χ0) is 14.4. The first-order valence-electron chi connectivity index (χ1n) is 7.82. The fourth-order valence-electron chi connectivity index (χ4n) is 2.89. The highest BCUT2D eigenvalue weighted by molar-refractivity contribution is 5.85. The number of unbranched alkanes of at least 4 members (excludes halogenated alkanes) is 1. The van der Waals surface area contributed by atoms with Crippen molar-refractivity contribution >= 4 is 18.3 Å². The zero-order valence-corrected chi connectivity index (χ0v) is 13.7. The van der Waals surface area contributed by atoms with E-state index in [0.29, 0.717) is 13.0 Å². The maximum absolute atomic E-state index is 12.3. The van der Waals surface area contributed by atoms with Crippen LogP contribution in [-0.2, 0) is 17.6 Å². The van der Waals surface area contributed by atoms with Crippen molar-refractivity contribution in [2.45, 2.75) is 51.5 Å². The van der Waals surface area contributed by atoms with Crippen molar-refractivity contribution in [3.8, 4) is 0 Å². The average Bonchev–Trinajstić information content (AvgIpc) is 2.95. The van der Waals surface area contributed by atoms with E-state index in [0.717, 1.165) is 31.4 Å². The van der Waals surface area contributed by atoms with Gasteiger partial charge in [-0.05, 0) is 36.8 Å². The summed E-state index contributed by atoms with van der Waals surface area (Å²) in [4.78, 5) is 14.3. The smallest absolute Gasteiger partial charge is 0.227 e. The molecule has 3 nitrogen and oxygen atoms in total. The van der Waals surface area contributed by atoms with Gasteiger partial charge < -0.3 is 10.6 Å². The number of amides is 1. The molecule has 0 bridgehead atoms. The first-order chi connectivity index (χ1) is 9.74. The van der Waals surface area contributed by atoms with Crippen LogP contribution in [-0.4, -0.2) is 29.9 Å². The van der Waals surface area contributed by atoms with E-state index in [9.17, 15) is 4.79 Å². The lowest BCUT2D eigenvalue weighted by atomic mass is 10.0. The monoisotopic (exact) mass is 310 g/mol. The summed E-state index contributed by atoms with van der Waals surface area (Å²) in [6.45, 7) is 3.66. The Morgan fingerprint density at radius 1 is 1.29 bits per heavy atom. The van der Waals surface area contributed by atoms with Gasteiger partial charge in [-0.1, -0.05) is 37.6 Å². The minimum absolute atomic E-state index is 0. The topological polar surface area (TPSA) is 46.3 Å². The predicted octanol–water partition coefficient (Wildman–Crippen LogP) is 2.94. The van der Waals surface area contributed by atoms with E-state index in [1.807, 2.05) is 4.90 Å². The molecule has 118 valence electrons. The van der Waals surface area contributed by atoms with E-state index in [1.54, 1.807) is 0 Å². The van der Waals surface area contributed by atoms with Crippen LogP contribution in [0.15, 0.2) is 24.3 Å². The molecular formula is C17H27ClN2O. The van der Waals surface area contributed by atoms with Gasteiger partial charge in [0.1, 0.15) is 0 Å². The van der Waals surface area contributed by atoms with E-state index >= 15 is 0 Å². The van der Waals surface area contributed by atoms with Gasteiger partial charge in [0.05, 0.1) is 6.42 Å². The summed E-state index contributed by atoms with van der Waals surface area (Å²) in [5, 5.41) is 0. The van der Waals surface area contributed by atoms with Gasteiger partial charge >= 0.3 is 0 Å². The van der Waals surface area contributed by atoms with Crippen LogP contribution in [0, 0.1) is 0 Å². The number of hydrogen-bond donors (Lipinski definition) is 1. The highest BCUT2D eigenvalue weighted by Crippen LogP contribution is 2.18. The molecule has 1 unspecified atom stereocenters. The van der Waals surface area contributed by atoms with Crippen LogP contribution < -0.4 is 5.73 Å². The first kappa shape index (κ1) is 18.0. The van der Waals surface area contributed by atoms with E-state index in [2.05, 4.69) is 31.2 Å². The number of rotatable bonds is 6. The Hall–Kier alpha value is -1.06. The highest BCUT2D eigenvalue weighted by Gasteiger charge is 2.27. The zero-order valence-electron chi connectivity index (χ0n) is 12.9. The molecule has 0 radical (unpaired) electrons. The van der Waals surface area contributed by atoms with Crippen LogP contribution in [0.5, 0.6) is 0 Å². The number of likely N-dealkylation sites (tertiary alicyclic amines) is 1. The number of nitrogens with zero attached hydrogens (tertiary/aromatic N) is 1. The lowest BCUT2D eigenvalue weighted by Gasteiger charge is -2.23. The van der Waals surface area contributed by atoms with Gasteiger partial charge in [-0.15, -0.1) is 12.4 Å². The number of benzene rings is 1. The maximum atomic E-state index is 12.3. The van der Waals surface area contributed by atoms with Gasteiger partial charge in [-0.25, -0.2) is 0 Å². The third-order valence-corrected chi connectivity index (χ3v) is 4.17. The van der Waals surface area contributed by atoms with Gasteiger partial charge in [0.2, 0.25) is 5.91 Å². The molecule has 1 aromatic rings. The van der Waals surface area contributed by atoms with Gasteiger partial charge in [0.25, 0.3) is 0 Å². The predicted molar refractivity (Wildman–Crippen MR) is 89.8 cm³/mol. The normalized spacial score (nSPS) is 17.6. The van der Waals surface area contributed by atoms with Crippen molar-refractivity contribution in [2.75, 3.05) is 13.1 Å². The van der Waals surface area contributed by atoms with E-state index in [4.69, 9.17) is 5.73 Å². The second-order valence-electron chi connectivity index (χ2n) is 5.72. The number of carbonyl (C=O) groups excluding carboxylic acids is 1. The molecule has 0 aromatic heterocycles. The molecule has 1 saturated heterocycles. The first-order valence-corrected chi connectivity index (χ1v) is 7.82. The summed E-state index contributed by atoms with van der Waals surface area (Å²) in [7, 11) is 0. The molecule has 1 atom stereocenters. The number of nitrogens with two attached hydrogens (primary N) is 1. The molecule has 1 amide bonds. The SMILES string of the molecule is CCCCc1ccc(CC(=O)N2CCCC2CN)cc1.Cl. The number of carbonyl (C=O) groups is 1. The number of aryl methyl sites for hydroxylation is 1. The Morgan fingerprint density at radius 3 is 2.57 bits per heavy atom. The standard InChI is InChI=1S/C17H26N2O.ClH/c1-2-3-5-14-7-9-15(10-8-14)12-17(20)19-11-4-6-16(19)13-18;/h7-10,16H,2-6,11-13,18H2,1H3;1H. The van der Waals surface area contributed by atoms with Crippen molar-refractivity contribution in [2.24, 2.45) is 5.73 Å². The highest BCUT2D eigenvalue weighted by atomic mass is 35.5. The van der Waals surface area contributed by atoms with E-state index < -0.39 is 0 Å². The maximum Gasteiger partial charge on any atom is 0.227 e. The van der Waals surface area contributed by atoms with Crippen LogP contribution in [0.3, 0.4) is 0 Å². The molecule has 1 aliphatic rings. The van der Waals surface area contributed by atoms with Crippen molar-refractivity contribution in [1.82, 2.24) is 4.90 Å². The largest absolute Gasteiger partial charge is 0.338 e. The Bertz CT molecular complexity index is 433. The molecule has 2 rings (SSSR count). The molecule has 2 N–H and O–H groups in total. The minimum Gasteiger partial charge on any atom is -0.338 e. The fourth-order valence-corrected chi connectivity index (χ4v) is 2.89. The van der Waals surface area contributed by atoms with Gasteiger partial charge in [-0.2, -0.15) is 0 Å². The second kappa shape index (κ2) is 9.06. The van der Waals surface area contributed by atoms with Crippen LogP contribution in [0.2, 0.25) is 0 Å². The number of hydrogen-bond acceptors (Lipinski definition) is 2. The quantitative estimate of drug-likeness (QED) is 0.878. The Balaban J connectivity index is 0.00000220. The third kappa shape index (κ3) is 5.01. The van der Waals surface area contributed by atoms with Crippen LogP contribution >= 0.6 is 12.4 Å². The van der Waals surface area contributed by atoms with Crippen molar-refractivity contribution in [3.63, 3.8) is 0 Å². The Morgan fingerprint density at radius 2 is 1.95 bits per heavy atom. The van der Waals surface area contributed by atoms with E-state index in [-0.39, 0.29) is 24.4 Å². The molecule has 0 spiro atoms. The lowest BCUT2D eigenvalue weighted by molar-refractivity contribution is -0.131. The fraction of sp³-hybridized carbons (Fsp3) is 0.588. The molecule has 1 aromatic carbocycles. The van der Waals surface area contributed by atoms with Crippen LogP contribution in [0.1, 0.15) is 43.7 Å². The Kier molecular flexibility index (Phi) is 7.76. The van der Waals surface area contributed by atoms with Crippen molar-refractivity contribution < 1.29 is 4.79 Å². The van der Waals surface area contributed by atoms with Crippen LogP contribution in [0.25, 0.3) is 0 Å². The van der Waals surface area contributed by atoms with Gasteiger partial charge in [-0.3, -0.25) is 4.79 Å². The molecule has 0 aliphatic carbocycles. The van der Waals surface area contributed by atoms with Crippen molar-refractivity contribution in [3.05, 3.63) is 35.4 Å². The molecule has 21 heavy (non-hydrogen) atoms. The van der Waals surface area contributed by atoms with Gasteiger partial charge in [0, 0.05) is 19.1 Å². The summed E-state index contributed by atoms with van der Waals surface area (Å²) in [5.41, 5.74) is 8.20. The molecule has 4 heteroatoms. The van der Waals surface area contributed by atoms with Crippen LogP contribution in [0.4, 0.5) is 0 Å². The van der Waals surface area contributed by atoms with Gasteiger partial charge in [0.15, 0.2) is 0 Å². The summed E-state index contributed by atoms with van der Waals surface area (Å²) < 4.78 is 0. The average molecular weight is 311 g/mol. The molecule has 1 heterocycles. The Labute approximate surface area is 134 Å².